The first-order valence-corrected chi connectivity index (χ1v) is 3.64. The molecule has 0 aromatic heterocycles. The Morgan fingerprint density at radius 3 is 2.44 bits per heavy atom. The van der Waals surface area contributed by atoms with E-state index >= 15 is 0 Å². The van der Waals surface area contributed by atoms with Crippen LogP contribution in [0.15, 0.2) is 11.6 Å². The molecule has 1 heteroatoms. The molecular formula is C8H17N. The van der Waals surface area contributed by atoms with Crippen molar-refractivity contribution in [3.05, 3.63) is 11.6 Å². The quantitative estimate of drug-likeness (QED) is 0.577. The van der Waals surface area contributed by atoms with E-state index in [0.717, 1.165) is 12.8 Å². The maximum Gasteiger partial charge on any atom is 0.0248 e. The predicted molar refractivity (Wildman–Crippen MR) is 42.3 cm³/mol. The van der Waals surface area contributed by atoms with Crippen molar-refractivity contribution in [2.24, 2.45) is 5.73 Å². The van der Waals surface area contributed by atoms with Gasteiger partial charge in [0.15, 0.2) is 0 Å². The van der Waals surface area contributed by atoms with Crippen LogP contribution in [0.4, 0.5) is 0 Å². The molecule has 0 aliphatic heterocycles. The fourth-order valence-corrected chi connectivity index (χ4v) is 0.795. The third kappa shape index (κ3) is 3.31. The van der Waals surface area contributed by atoms with Crippen LogP contribution in [-0.2, 0) is 0 Å². The lowest BCUT2D eigenvalue weighted by atomic mass is 10.1. The van der Waals surface area contributed by atoms with Crippen LogP contribution in [0.25, 0.3) is 0 Å². The molecule has 0 aliphatic rings. The second-order valence-electron chi connectivity index (χ2n) is 2.37. The first-order valence-electron chi connectivity index (χ1n) is 3.64. The molecular weight excluding hydrogens is 110 g/mol. The lowest BCUT2D eigenvalue weighted by molar-refractivity contribution is 0.735. The van der Waals surface area contributed by atoms with Crippen LogP contribution in [0, 0.1) is 0 Å². The summed E-state index contributed by atoms with van der Waals surface area (Å²) >= 11 is 0. The van der Waals surface area contributed by atoms with Gasteiger partial charge in [0.05, 0.1) is 0 Å². The van der Waals surface area contributed by atoms with Crippen molar-refractivity contribution in [3.8, 4) is 0 Å². The van der Waals surface area contributed by atoms with E-state index in [9.17, 15) is 0 Å². The molecule has 0 unspecified atom stereocenters. The van der Waals surface area contributed by atoms with Gasteiger partial charge in [-0.25, -0.2) is 0 Å². The van der Waals surface area contributed by atoms with E-state index in [2.05, 4.69) is 26.8 Å². The van der Waals surface area contributed by atoms with Crippen LogP contribution < -0.4 is 5.73 Å². The molecule has 0 fully saturated rings. The molecule has 0 heterocycles. The van der Waals surface area contributed by atoms with Gasteiger partial charge < -0.3 is 5.73 Å². The van der Waals surface area contributed by atoms with E-state index in [-0.39, 0.29) is 6.04 Å². The Bertz CT molecular complexity index is 94.7. The van der Waals surface area contributed by atoms with Crippen LogP contribution in [-0.4, -0.2) is 6.04 Å². The Balaban J connectivity index is 3.70. The Labute approximate surface area is 57.9 Å². The van der Waals surface area contributed by atoms with Gasteiger partial charge in [-0.15, -0.1) is 0 Å². The zero-order valence-electron chi connectivity index (χ0n) is 6.65. The van der Waals surface area contributed by atoms with Crippen LogP contribution in [0.1, 0.15) is 33.6 Å². The van der Waals surface area contributed by atoms with E-state index in [0.29, 0.717) is 0 Å². The van der Waals surface area contributed by atoms with Crippen molar-refractivity contribution in [2.75, 3.05) is 0 Å². The third-order valence-electron chi connectivity index (χ3n) is 1.55. The van der Waals surface area contributed by atoms with Crippen molar-refractivity contribution in [2.45, 2.75) is 39.7 Å². The molecule has 0 bridgehead atoms. The van der Waals surface area contributed by atoms with E-state index in [1.807, 2.05) is 0 Å². The molecule has 54 valence electrons. The number of hydrogen-bond donors (Lipinski definition) is 1. The summed E-state index contributed by atoms with van der Waals surface area (Å²) in [6.45, 7) is 6.33. The van der Waals surface area contributed by atoms with Crippen molar-refractivity contribution < 1.29 is 0 Å². The molecule has 0 radical (unpaired) electrons. The van der Waals surface area contributed by atoms with Crippen molar-refractivity contribution in [1.29, 1.82) is 0 Å². The minimum absolute atomic E-state index is 0.282. The number of rotatable bonds is 3. The van der Waals surface area contributed by atoms with E-state index < -0.39 is 0 Å². The molecule has 1 atom stereocenters. The average molecular weight is 127 g/mol. The van der Waals surface area contributed by atoms with Gasteiger partial charge in [0.2, 0.25) is 0 Å². The second kappa shape index (κ2) is 4.57. The predicted octanol–water partition coefficient (Wildman–Crippen LogP) is 2.08. The summed E-state index contributed by atoms with van der Waals surface area (Å²) in [6.07, 6.45) is 4.33. The Morgan fingerprint density at radius 2 is 2.11 bits per heavy atom. The molecule has 0 saturated heterocycles. The molecule has 0 spiro atoms. The molecule has 0 aromatic carbocycles. The normalized spacial score (nSPS) is 15.8. The molecule has 0 aromatic rings. The van der Waals surface area contributed by atoms with Crippen LogP contribution in [0.5, 0.6) is 0 Å². The molecule has 9 heavy (non-hydrogen) atoms. The largest absolute Gasteiger partial charge is 0.324 e. The molecule has 0 rings (SSSR count). The van der Waals surface area contributed by atoms with Gasteiger partial charge in [0.25, 0.3) is 0 Å². The Kier molecular flexibility index (Phi) is 4.41. The van der Waals surface area contributed by atoms with Crippen LogP contribution >= 0.6 is 0 Å². The maximum absolute atomic E-state index is 5.73. The second-order valence-corrected chi connectivity index (χ2v) is 2.37. The summed E-state index contributed by atoms with van der Waals surface area (Å²) < 4.78 is 0. The highest BCUT2D eigenvalue weighted by Gasteiger charge is 1.97. The molecule has 0 amide bonds. The van der Waals surface area contributed by atoms with Gasteiger partial charge >= 0.3 is 0 Å². The van der Waals surface area contributed by atoms with Gasteiger partial charge in [0, 0.05) is 6.04 Å². The smallest absolute Gasteiger partial charge is 0.0248 e. The molecule has 1 nitrogen and oxygen atoms in total. The first kappa shape index (κ1) is 8.70. The van der Waals surface area contributed by atoms with Gasteiger partial charge in [-0.1, -0.05) is 25.5 Å². The fourth-order valence-electron chi connectivity index (χ4n) is 0.795. The van der Waals surface area contributed by atoms with Crippen LogP contribution in [0.3, 0.4) is 0 Å². The lowest BCUT2D eigenvalue weighted by Crippen LogP contribution is -2.19. The highest BCUT2D eigenvalue weighted by Crippen LogP contribution is 2.02. The number of allylic oxidation sites excluding steroid dienone is 1. The maximum atomic E-state index is 5.73. The number of hydrogen-bond acceptors (Lipinski definition) is 1. The molecule has 0 aliphatic carbocycles. The summed E-state index contributed by atoms with van der Waals surface area (Å²) in [6, 6.07) is 0.282. The zero-order chi connectivity index (χ0) is 7.28. The van der Waals surface area contributed by atoms with Gasteiger partial charge in [0.1, 0.15) is 0 Å². The lowest BCUT2D eigenvalue weighted by Gasteiger charge is -2.07. The van der Waals surface area contributed by atoms with Gasteiger partial charge in [-0.2, -0.15) is 0 Å². The third-order valence-corrected chi connectivity index (χ3v) is 1.55. The van der Waals surface area contributed by atoms with Crippen molar-refractivity contribution in [3.63, 3.8) is 0 Å². The average Bonchev–Trinajstić information content (AvgIpc) is 1.87. The number of nitrogens with two attached hydrogens (primary N) is 1. The minimum Gasteiger partial charge on any atom is -0.324 e. The van der Waals surface area contributed by atoms with E-state index in [1.165, 1.54) is 5.57 Å². The fraction of sp³-hybridized carbons (Fsp3) is 0.750. The Morgan fingerprint density at radius 1 is 1.56 bits per heavy atom. The summed E-state index contributed by atoms with van der Waals surface area (Å²) in [5.74, 6) is 0. The summed E-state index contributed by atoms with van der Waals surface area (Å²) in [5, 5.41) is 0. The van der Waals surface area contributed by atoms with E-state index in [4.69, 9.17) is 5.73 Å². The summed E-state index contributed by atoms with van der Waals surface area (Å²) in [4.78, 5) is 0. The van der Waals surface area contributed by atoms with Crippen LogP contribution in [0.2, 0.25) is 0 Å². The zero-order valence-corrected chi connectivity index (χ0v) is 6.65. The monoisotopic (exact) mass is 127 g/mol. The highest BCUT2D eigenvalue weighted by molar-refractivity contribution is 5.05. The molecule has 0 saturated carbocycles. The van der Waals surface area contributed by atoms with Gasteiger partial charge in [-0.05, 0) is 19.8 Å². The molecule has 2 N–H and O–H groups in total. The summed E-state index contributed by atoms with van der Waals surface area (Å²) in [5.41, 5.74) is 7.05. The van der Waals surface area contributed by atoms with Crippen molar-refractivity contribution in [1.82, 2.24) is 0 Å². The SMILES string of the molecule is CC/C=C(\C)[C@@H](N)CC. The topological polar surface area (TPSA) is 26.0 Å². The van der Waals surface area contributed by atoms with E-state index in [1.54, 1.807) is 0 Å². The van der Waals surface area contributed by atoms with Gasteiger partial charge in [-0.3, -0.25) is 0 Å². The van der Waals surface area contributed by atoms with Crippen molar-refractivity contribution >= 4 is 0 Å². The first-order chi connectivity index (χ1) is 4.22. The standard InChI is InChI=1S/C8H17N/c1-4-6-7(3)8(9)5-2/h6,8H,4-5,9H2,1-3H3/b7-6+/t8-/m0/s1. The highest BCUT2D eigenvalue weighted by atomic mass is 14.6. The summed E-state index contributed by atoms with van der Waals surface area (Å²) in [7, 11) is 0. The minimum atomic E-state index is 0.282. The Hall–Kier alpha value is -0.300.